The topological polar surface area (TPSA) is 56.7 Å². The number of hydrogen-bond acceptors (Lipinski definition) is 3. The summed E-state index contributed by atoms with van der Waals surface area (Å²) in [5.41, 5.74) is 6.90. The molecule has 2 aromatic rings. The summed E-state index contributed by atoms with van der Waals surface area (Å²) in [6.45, 7) is 0.848. The molecule has 1 unspecified atom stereocenters. The predicted molar refractivity (Wildman–Crippen MR) is 66.9 cm³/mol. The molecular weight excluding hydrogens is 236 g/mol. The molecule has 88 valence electrons. The third-order valence-corrected chi connectivity index (χ3v) is 3.47. The lowest BCUT2D eigenvalue weighted by Crippen LogP contribution is -2.19. The number of nitrogen functional groups attached to an aromatic ring is 1. The molecule has 0 saturated carbocycles. The molecular formula is C12H13ClN4. The minimum absolute atomic E-state index is 0.372. The van der Waals surface area contributed by atoms with Crippen molar-refractivity contribution in [3.63, 3.8) is 0 Å². The summed E-state index contributed by atoms with van der Waals surface area (Å²) < 4.78 is 1.91. The summed E-state index contributed by atoms with van der Waals surface area (Å²) in [6, 6.07) is 8.03. The highest BCUT2D eigenvalue weighted by Crippen LogP contribution is 2.28. The Morgan fingerprint density at radius 1 is 1.29 bits per heavy atom. The lowest BCUT2D eigenvalue weighted by atomic mass is 9.92. The summed E-state index contributed by atoms with van der Waals surface area (Å²) in [7, 11) is 0. The average molecular weight is 249 g/mol. The van der Waals surface area contributed by atoms with Gasteiger partial charge in [0.2, 0.25) is 5.95 Å². The minimum Gasteiger partial charge on any atom is -0.366 e. The number of anilines is 1. The summed E-state index contributed by atoms with van der Waals surface area (Å²) in [5, 5.41) is 4.98. The van der Waals surface area contributed by atoms with Crippen molar-refractivity contribution in [3.05, 3.63) is 40.7 Å². The van der Waals surface area contributed by atoms with Crippen LogP contribution in [-0.2, 0) is 13.0 Å². The molecule has 1 aliphatic rings. The fourth-order valence-corrected chi connectivity index (χ4v) is 2.46. The van der Waals surface area contributed by atoms with Gasteiger partial charge in [0.05, 0.1) is 0 Å². The van der Waals surface area contributed by atoms with E-state index in [1.165, 1.54) is 5.56 Å². The van der Waals surface area contributed by atoms with Crippen molar-refractivity contribution in [1.82, 2.24) is 14.8 Å². The van der Waals surface area contributed by atoms with Crippen LogP contribution in [0.4, 0.5) is 5.95 Å². The molecule has 0 radical (unpaired) electrons. The number of nitrogens with two attached hydrogens (primary N) is 1. The van der Waals surface area contributed by atoms with E-state index in [0.717, 1.165) is 30.2 Å². The summed E-state index contributed by atoms with van der Waals surface area (Å²) in [6.07, 6.45) is 2.01. The Morgan fingerprint density at radius 2 is 2.06 bits per heavy atom. The predicted octanol–water partition coefficient (Wildman–Crippen LogP) is 2.24. The van der Waals surface area contributed by atoms with E-state index in [1.54, 1.807) is 0 Å². The number of rotatable bonds is 1. The third kappa shape index (κ3) is 2.00. The zero-order chi connectivity index (χ0) is 11.8. The SMILES string of the molecule is Nc1nc2n(n1)CC(c1ccc(Cl)cc1)CC2. The quantitative estimate of drug-likeness (QED) is 0.842. The molecule has 2 heterocycles. The molecule has 0 saturated heterocycles. The Kier molecular flexibility index (Phi) is 2.52. The Balaban J connectivity index is 1.86. The molecule has 1 aromatic heterocycles. The van der Waals surface area contributed by atoms with Crippen LogP contribution in [0, 0.1) is 0 Å². The number of nitrogens with zero attached hydrogens (tertiary/aromatic N) is 3. The smallest absolute Gasteiger partial charge is 0.239 e. The van der Waals surface area contributed by atoms with Gasteiger partial charge in [0.15, 0.2) is 0 Å². The van der Waals surface area contributed by atoms with E-state index in [0.29, 0.717) is 11.9 Å². The lowest BCUT2D eigenvalue weighted by Gasteiger charge is -2.22. The molecule has 4 nitrogen and oxygen atoms in total. The van der Waals surface area contributed by atoms with Crippen LogP contribution in [0.15, 0.2) is 24.3 Å². The second-order valence-corrected chi connectivity index (χ2v) is 4.79. The van der Waals surface area contributed by atoms with E-state index in [4.69, 9.17) is 17.3 Å². The normalized spacial score (nSPS) is 19.0. The Labute approximate surface area is 104 Å². The highest BCUT2D eigenvalue weighted by Gasteiger charge is 2.22. The van der Waals surface area contributed by atoms with Crippen molar-refractivity contribution in [3.8, 4) is 0 Å². The lowest BCUT2D eigenvalue weighted by molar-refractivity contribution is 0.423. The molecule has 0 fully saturated rings. The van der Waals surface area contributed by atoms with Crippen LogP contribution in [0.5, 0.6) is 0 Å². The van der Waals surface area contributed by atoms with Gasteiger partial charge in [0.1, 0.15) is 5.82 Å². The van der Waals surface area contributed by atoms with Gasteiger partial charge in [-0.3, -0.25) is 0 Å². The summed E-state index contributed by atoms with van der Waals surface area (Å²) in [4.78, 5) is 4.20. The van der Waals surface area contributed by atoms with Crippen LogP contribution >= 0.6 is 11.6 Å². The maximum absolute atomic E-state index is 5.89. The van der Waals surface area contributed by atoms with Crippen LogP contribution in [0.1, 0.15) is 23.7 Å². The fraction of sp³-hybridized carbons (Fsp3) is 0.333. The van der Waals surface area contributed by atoms with E-state index in [1.807, 2.05) is 16.8 Å². The zero-order valence-electron chi connectivity index (χ0n) is 9.31. The second-order valence-electron chi connectivity index (χ2n) is 4.36. The van der Waals surface area contributed by atoms with E-state index >= 15 is 0 Å². The monoisotopic (exact) mass is 248 g/mol. The van der Waals surface area contributed by atoms with Crippen LogP contribution in [-0.4, -0.2) is 14.8 Å². The number of halogens is 1. The second kappa shape index (κ2) is 4.04. The summed E-state index contributed by atoms with van der Waals surface area (Å²) >= 11 is 5.89. The molecule has 5 heteroatoms. The van der Waals surface area contributed by atoms with Gasteiger partial charge < -0.3 is 5.73 Å². The minimum atomic E-state index is 0.372. The Bertz CT molecular complexity index is 532. The van der Waals surface area contributed by atoms with Crippen LogP contribution < -0.4 is 5.73 Å². The van der Waals surface area contributed by atoms with Gasteiger partial charge in [-0.15, -0.1) is 5.10 Å². The molecule has 17 heavy (non-hydrogen) atoms. The van der Waals surface area contributed by atoms with Gasteiger partial charge in [-0.2, -0.15) is 4.98 Å². The molecule has 0 amide bonds. The van der Waals surface area contributed by atoms with Gasteiger partial charge in [-0.1, -0.05) is 23.7 Å². The molecule has 0 aliphatic carbocycles. The first-order valence-corrected chi connectivity index (χ1v) is 6.05. The third-order valence-electron chi connectivity index (χ3n) is 3.22. The van der Waals surface area contributed by atoms with Crippen LogP contribution in [0.25, 0.3) is 0 Å². The summed E-state index contributed by atoms with van der Waals surface area (Å²) in [5.74, 6) is 1.84. The van der Waals surface area contributed by atoms with Gasteiger partial charge >= 0.3 is 0 Å². The van der Waals surface area contributed by atoms with Crippen LogP contribution in [0.2, 0.25) is 5.02 Å². The van der Waals surface area contributed by atoms with Crippen molar-refractivity contribution in [1.29, 1.82) is 0 Å². The number of aromatic nitrogens is 3. The largest absolute Gasteiger partial charge is 0.366 e. The zero-order valence-corrected chi connectivity index (χ0v) is 10.1. The number of hydrogen-bond donors (Lipinski definition) is 1. The number of aryl methyl sites for hydroxylation is 1. The molecule has 0 bridgehead atoms. The highest BCUT2D eigenvalue weighted by molar-refractivity contribution is 6.30. The highest BCUT2D eigenvalue weighted by atomic mass is 35.5. The molecule has 1 aliphatic heterocycles. The van der Waals surface area contributed by atoms with E-state index in [9.17, 15) is 0 Å². The Hall–Kier alpha value is -1.55. The molecule has 0 spiro atoms. The van der Waals surface area contributed by atoms with Gasteiger partial charge in [0.25, 0.3) is 0 Å². The van der Waals surface area contributed by atoms with E-state index in [-0.39, 0.29) is 0 Å². The van der Waals surface area contributed by atoms with Crippen molar-refractivity contribution >= 4 is 17.5 Å². The number of fused-ring (bicyclic) bond motifs is 1. The van der Waals surface area contributed by atoms with Crippen LogP contribution in [0.3, 0.4) is 0 Å². The molecule has 1 aromatic carbocycles. The van der Waals surface area contributed by atoms with Crippen molar-refractivity contribution in [2.45, 2.75) is 25.3 Å². The molecule has 2 N–H and O–H groups in total. The maximum Gasteiger partial charge on any atom is 0.239 e. The first-order valence-electron chi connectivity index (χ1n) is 5.67. The van der Waals surface area contributed by atoms with Crippen molar-refractivity contribution in [2.75, 3.05) is 5.73 Å². The maximum atomic E-state index is 5.89. The molecule has 3 rings (SSSR count). The molecule has 1 atom stereocenters. The number of benzene rings is 1. The first kappa shape index (κ1) is 10.6. The Morgan fingerprint density at radius 3 is 2.82 bits per heavy atom. The van der Waals surface area contributed by atoms with Crippen molar-refractivity contribution in [2.24, 2.45) is 0 Å². The van der Waals surface area contributed by atoms with Crippen molar-refractivity contribution < 1.29 is 0 Å². The first-order chi connectivity index (χ1) is 8.22. The fourth-order valence-electron chi connectivity index (χ4n) is 2.34. The van der Waals surface area contributed by atoms with Gasteiger partial charge in [0, 0.05) is 23.9 Å². The van der Waals surface area contributed by atoms with Gasteiger partial charge in [-0.05, 0) is 24.1 Å². The standard InChI is InChI=1S/C12H13ClN4/c13-10-4-1-8(2-5-10)9-3-6-11-15-12(14)16-17(11)7-9/h1-2,4-5,9H,3,6-7H2,(H2,14,16). The van der Waals surface area contributed by atoms with Gasteiger partial charge in [-0.25, -0.2) is 4.68 Å². The van der Waals surface area contributed by atoms with E-state index in [2.05, 4.69) is 22.2 Å². The van der Waals surface area contributed by atoms with E-state index < -0.39 is 0 Å². The average Bonchev–Trinajstić information content (AvgIpc) is 2.69.